The molecule has 2 N–H and O–H groups in total. The molecule has 0 spiro atoms. The lowest BCUT2D eigenvalue weighted by Crippen LogP contribution is -2.45. The van der Waals surface area contributed by atoms with E-state index in [2.05, 4.69) is 5.32 Å². The Labute approximate surface area is 103 Å². The topological polar surface area (TPSA) is 58.6 Å². The van der Waals surface area contributed by atoms with Gasteiger partial charge in [-0.05, 0) is 32.1 Å². The van der Waals surface area contributed by atoms with Gasteiger partial charge in [0.25, 0.3) is 0 Å². The fraction of sp³-hybridized carbons (Fsp3) is 0.923. The number of hydrogen-bond donors (Lipinski definition) is 2. The normalized spacial score (nSPS) is 33.6. The molecule has 4 nitrogen and oxygen atoms in total. The molecule has 1 unspecified atom stereocenters. The summed E-state index contributed by atoms with van der Waals surface area (Å²) in [4.78, 5) is 11.7. The van der Waals surface area contributed by atoms with Crippen molar-refractivity contribution in [3.8, 4) is 0 Å². The van der Waals surface area contributed by atoms with E-state index in [9.17, 15) is 9.90 Å². The standard InChI is InChI=1S/C13H23NO3/c15-12-6-2-1-5-11(12)14-13(16)8-7-10-4-3-9-17-10/h10-12,15H,1-9H2,(H,14,16)/t10?,11-,12-/m1/s1. The minimum Gasteiger partial charge on any atom is -0.391 e. The SMILES string of the molecule is O=C(CCC1CCCO1)N[C@@H]1CCCC[C@H]1O. The van der Waals surface area contributed by atoms with E-state index >= 15 is 0 Å². The van der Waals surface area contributed by atoms with Crippen LogP contribution in [0.25, 0.3) is 0 Å². The predicted octanol–water partition coefficient (Wildman–Crippen LogP) is 1.37. The van der Waals surface area contributed by atoms with E-state index in [4.69, 9.17) is 4.74 Å². The smallest absolute Gasteiger partial charge is 0.220 e. The summed E-state index contributed by atoms with van der Waals surface area (Å²) in [5, 5.41) is 12.7. The van der Waals surface area contributed by atoms with Crippen molar-refractivity contribution in [2.45, 2.75) is 69.6 Å². The maximum absolute atomic E-state index is 11.7. The van der Waals surface area contributed by atoms with E-state index in [1.165, 1.54) is 0 Å². The maximum Gasteiger partial charge on any atom is 0.220 e. The Balaban J connectivity index is 1.65. The number of hydrogen-bond acceptors (Lipinski definition) is 3. The molecule has 1 aliphatic heterocycles. The minimum atomic E-state index is -0.351. The zero-order chi connectivity index (χ0) is 12.1. The van der Waals surface area contributed by atoms with Crippen LogP contribution in [0.3, 0.4) is 0 Å². The van der Waals surface area contributed by atoms with E-state index in [0.29, 0.717) is 6.42 Å². The van der Waals surface area contributed by atoms with Gasteiger partial charge < -0.3 is 15.2 Å². The minimum absolute atomic E-state index is 0.0271. The Kier molecular flexibility index (Phi) is 4.80. The summed E-state index contributed by atoms with van der Waals surface area (Å²) in [7, 11) is 0. The second kappa shape index (κ2) is 6.36. The van der Waals surface area contributed by atoms with Crippen LogP contribution in [-0.4, -0.2) is 35.9 Å². The number of rotatable bonds is 4. The van der Waals surface area contributed by atoms with Crippen LogP contribution in [0.2, 0.25) is 0 Å². The summed E-state index contributed by atoms with van der Waals surface area (Å²) in [5.41, 5.74) is 0. The van der Waals surface area contributed by atoms with Crippen LogP contribution in [0.5, 0.6) is 0 Å². The average molecular weight is 241 g/mol. The van der Waals surface area contributed by atoms with Crippen LogP contribution in [-0.2, 0) is 9.53 Å². The first-order valence-corrected chi connectivity index (χ1v) is 6.85. The van der Waals surface area contributed by atoms with Gasteiger partial charge in [0.05, 0.1) is 18.2 Å². The molecule has 4 heteroatoms. The lowest BCUT2D eigenvalue weighted by molar-refractivity contribution is -0.123. The molecule has 0 radical (unpaired) electrons. The van der Waals surface area contributed by atoms with Gasteiger partial charge in [-0.3, -0.25) is 4.79 Å². The van der Waals surface area contributed by atoms with Crippen LogP contribution in [0.4, 0.5) is 0 Å². The van der Waals surface area contributed by atoms with Crippen molar-refractivity contribution < 1.29 is 14.6 Å². The molecule has 2 fully saturated rings. The van der Waals surface area contributed by atoms with Gasteiger partial charge in [0, 0.05) is 13.0 Å². The van der Waals surface area contributed by atoms with Crippen molar-refractivity contribution in [2.24, 2.45) is 0 Å². The van der Waals surface area contributed by atoms with Gasteiger partial charge in [0.1, 0.15) is 0 Å². The third kappa shape index (κ3) is 3.96. The van der Waals surface area contributed by atoms with Gasteiger partial charge in [-0.15, -0.1) is 0 Å². The Bertz CT molecular complexity index is 251. The molecule has 1 amide bonds. The van der Waals surface area contributed by atoms with E-state index in [0.717, 1.165) is 51.6 Å². The second-order valence-electron chi connectivity index (χ2n) is 5.20. The molecule has 1 saturated carbocycles. The van der Waals surface area contributed by atoms with Crippen molar-refractivity contribution in [1.29, 1.82) is 0 Å². The van der Waals surface area contributed by atoms with Crippen molar-refractivity contribution in [2.75, 3.05) is 6.61 Å². The molecular formula is C13H23NO3. The molecule has 0 aromatic carbocycles. The summed E-state index contributed by atoms with van der Waals surface area (Å²) < 4.78 is 5.49. The van der Waals surface area contributed by atoms with Gasteiger partial charge in [-0.1, -0.05) is 12.8 Å². The first-order chi connectivity index (χ1) is 8.25. The molecule has 0 aromatic heterocycles. The highest BCUT2D eigenvalue weighted by molar-refractivity contribution is 5.76. The molecular weight excluding hydrogens is 218 g/mol. The summed E-state index contributed by atoms with van der Waals surface area (Å²) in [6.07, 6.45) is 7.36. The number of amides is 1. The Morgan fingerprint density at radius 2 is 2.06 bits per heavy atom. The van der Waals surface area contributed by atoms with Gasteiger partial charge in [0.15, 0.2) is 0 Å². The second-order valence-corrected chi connectivity index (χ2v) is 5.20. The van der Waals surface area contributed by atoms with E-state index < -0.39 is 0 Å². The summed E-state index contributed by atoms with van der Waals surface area (Å²) >= 11 is 0. The molecule has 2 aliphatic rings. The van der Waals surface area contributed by atoms with Gasteiger partial charge in [-0.25, -0.2) is 0 Å². The third-order valence-corrected chi connectivity index (χ3v) is 3.79. The first-order valence-electron chi connectivity index (χ1n) is 6.85. The van der Waals surface area contributed by atoms with Gasteiger partial charge in [0.2, 0.25) is 5.91 Å². The maximum atomic E-state index is 11.7. The quantitative estimate of drug-likeness (QED) is 0.781. The number of ether oxygens (including phenoxy) is 1. The van der Waals surface area contributed by atoms with Gasteiger partial charge >= 0.3 is 0 Å². The largest absolute Gasteiger partial charge is 0.391 e. The molecule has 0 aromatic rings. The van der Waals surface area contributed by atoms with E-state index in [1.54, 1.807) is 0 Å². The summed E-state index contributed by atoms with van der Waals surface area (Å²) in [6, 6.07) is -0.0271. The molecule has 1 heterocycles. The number of aliphatic hydroxyl groups excluding tert-OH is 1. The number of carbonyl (C=O) groups excluding carboxylic acids is 1. The van der Waals surface area contributed by atoms with Crippen molar-refractivity contribution in [3.63, 3.8) is 0 Å². The number of nitrogens with one attached hydrogen (secondary N) is 1. The molecule has 98 valence electrons. The lowest BCUT2D eigenvalue weighted by Gasteiger charge is -2.28. The average Bonchev–Trinajstić information content (AvgIpc) is 2.82. The first kappa shape index (κ1) is 12.8. The van der Waals surface area contributed by atoms with Gasteiger partial charge in [-0.2, -0.15) is 0 Å². The van der Waals surface area contributed by atoms with Crippen LogP contribution in [0, 0.1) is 0 Å². The molecule has 17 heavy (non-hydrogen) atoms. The molecule has 2 rings (SSSR count). The highest BCUT2D eigenvalue weighted by Crippen LogP contribution is 2.19. The Morgan fingerprint density at radius 3 is 2.76 bits per heavy atom. The number of carbonyl (C=O) groups is 1. The van der Waals surface area contributed by atoms with Crippen LogP contribution in [0.15, 0.2) is 0 Å². The zero-order valence-corrected chi connectivity index (χ0v) is 10.4. The van der Waals surface area contributed by atoms with Crippen molar-refractivity contribution >= 4 is 5.91 Å². The molecule has 1 saturated heterocycles. The monoisotopic (exact) mass is 241 g/mol. The predicted molar refractivity (Wildman–Crippen MR) is 64.6 cm³/mol. The van der Waals surface area contributed by atoms with E-state index in [1.807, 2.05) is 0 Å². The summed E-state index contributed by atoms with van der Waals surface area (Å²) in [5.74, 6) is 0.0615. The van der Waals surface area contributed by atoms with E-state index in [-0.39, 0.29) is 24.2 Å². The highest BCUT2D eigenvalue weighted by Gasteiger charge is 2.25. The number of aliphatic hydroxyl groups is 1. The summed E-state index contributed by atoms with van der Waals surface area (Å²) in [6.45, 7) is 0.841. The third-order valence-electron chi connectivity index (χ3n) is 3.79. The molecule has 1 aliphatic carbocycles. The fourth-order valence-electron chi connectivity index (χ4n) is 2.72. The van der Waals surface area contributed by atoms with Crippen LogP contribution in [0.1, 0.15) is 51.4 Å². The molecule has 0 bridgehead atoms. The van der Waals surface area contributed by atoms with Crippen molar-refractivity contribution in [3.05, 3.63) is 0 Å². The van der Waals surface area contributed by atoms with Crippen molar-refractivity contribution in [1.82, 2.24) is 5.32 Å². The highest BCUT2D eigenvalue weighted by atomic mass is 16.5. The van der Waals surface area contributed by atoms with Crippen LogP contribution >= 0.6 is 0 Å². The molecule has 3 atom stereocenters. The zero-order valence-electron chi connectivity index (χ0n) is 10.4. The van der Waals surface area contributed by atoms with Crippen LogP contribution < -0.4 is 5.32 Å². The Hall–Kier alpha value is -0.610. The lowest BCUT2D eigenvalue weighted by atomic mass is 9.92. The Morgan fingerprint density at radius 1 is 1.24 bits per heavy atom. The fourth-order valence-corrected chi connectivity index (χ4v) is 2.72.